The lowest BCUT2D eigenvalue weighted by molar-refractivity contribution is -0.123. The number of rotatable bonds is 5. The van der Waals surface area contributed by atoms with Gasteiger partial charge in [0.05, 0.1) is 16.7 Å². The fourth-order valence-corrected chi connectivity index (χ4v) is 3.06. The number of carbonyl (C=O) groups excluding carboxylic acids is 1. The molecule has 0 aliphatic carbocycles. The van der Waals surface area contributed by atoms with Crippen molar-refractivity contribution in [1.29, 1.82) is 5.26 Å². The molecule has 9 heteroatoms. The molecule has 0 unspecified atom stereocenters. The van der Waals surface area contributed by atoms with E-state index < -0.39 is 11.9 Å². The van der Waals surface area contributed by atoms with Crippen molar-refractivity contribution in [2.75, 3.05) is 0 Å². The highest BCUT2D eigenvalue weighted by Gasteiger charge is 2.23. The van der Waals surface area contributed by atoms with E-state index in [9.17, 15) is 4.79 Å². The monoisotopic (exact) mass is 420 g/mol. The Labute approximate surface area is 170 Å². The summed E-state index contributed by atoms with van der Waals surface area (Å²) in [7, 11) is 0. The maximum absolute atomic E-state index is 15.0. The number of hydrazine groups is 1. The van der Waals surface area contributed by atoms with Gasteiger partial charge in [0.15, 0.2) is 11.6 Å². The molecule has 0 radical (unpaired) electrons. The van der Waals surface area contributed by atoms with E-state index in [1.54, 1.807) is 0 Å². The zero-order valence-corrected chi connectivity index (χ0v) is 16.2. The fraction of sp³-hybridized carbons (Fsp3) is 0.211. The van der Waals surface area contributed by atoms with Crippen molar-refractivity contribution >= 4 is 34.9 Å². The van der Waals surface area contributed by atoms with E-state index in [-0.39, 0.29) is 45.0 Å². The van der Waals surface area contributed by atoms with Crippen LogP contribution in [0.1, 0.15) is 24.5 Å². The van der Waals surface area contributed by atoms with Gasteiger partial charge in [-0.2, -0.15) is 5.26 Å². The summed E-state index contributed by atoms with van der Waals surface area (Å²) < 4.78 is 20.6. The molecule has 1 aliphatic heterocycles. The van der Waals surface area contributed by atoms with Crippen molar-refractivity contribution in [3.8, 4) is 17.6 Å². The summed E-state index contributed by atoms with van der Waals surface area (Å²) in [6.07, 6.45) is 0.638. The number of nitrogens with one attached hydrogen (secondary N) is 2. The molecule has 0 saturated carbocycles. The molecule has 2 aromatic carbocycles. The van der Waals surface area contributed by atoms with Gasteiger partial charge in [0, 0.05) is 11.4 Å². The van der Waals surface area contributed by atoms with Crippen LogP contribution in [0.5, 0.6) is 11.5 Å². The van der Waals surface area contributed by atoms with Crippen molar-refractivity contribution in [3.05, 3.63) is 57.3 Å². The van der Waals surface area contributed by atoms with Crippen LogP contribution < -0.4 is 15.6 Å². The lowest BCUT2D eigenvalue weighted by Gasteiger charge is -2.21. The van der Waals surface area contributed by atoms with Gasteiger partial charge in [-0.25, -0.2) is 4.39 Å². The Morgan fingerprint density at radius 3 is 2.79 bits per heavy atom. The number of amides is 1. The number of aliphatic imine (C=N–C) groups is 1. The Morgan fingerprint density at radius 2 is 2.07 bits per heavy atom. The Bertz CT molecular complexity index is 1000. The largest absolute Gasteiger partial charge is 0.453 e. The summed E-state index contributed by atoms with van der Waals surface area (Å²) in [5.41, 5.74) is 5.74. The normalized spacial score (nSPS) is 15.9. The molecule has 0 aromatic heterocycles. The van der Waals surface area contributed by atoms with Crippen LogP contribution in [0.4, 0.5) is 4.39 Å². The third kappa shape index (κ3) is 4.35. The summed E-state index contributed by atoms with van der Waals surface area (Å²) in [6, 6.07) is 8.82. The molecule has 2 N–H and O–H groups in total. The number of carbonyl (C=O) groups is 1. The number of ether oxygens (including phenoxy) is 1. The van der Waals surface area contributed by atoms with E-state index in [2.05, 4.69) is 15.8 Å². The number of hydrogen-bond donors (Lipinski definition) is 2. The molecule has 0 fully saturated rings. The third-order valence-electron chi connectivity index (χ3n) is 4.04. The molecule has 6 nitrogen and oxygen atoms in total. The van der Waals surface area contributed by atoms with E-state index >= 15 is 4.39 Å². The molecule has 1 amide bonds. The van der Waals surface area contributed by atoms with Crippen molar-refractivity contribution in [3.63, 3.8) is 0 Å². The van der Waals surface area contributed by atoms with Gasteiger partial charge in [-0.3, -0.25) is 20.6 Å². The number of hydrogen-bond acceptors (Lipinski definition) is 5. The predicted octanol–water partition coefficient (Wildman–Crippen LogP) is 4.15. The quantitative estimate of drug-likeness (QED) is 0.760. The van der Waals surface area contributed by atoms with Gasteiger partial charge >= 0.3 is 0 Å². The first kappa shape index (κ1) is 19.9. The number of amidine groups is 1. The van der Waals surface area contributed by atoms with Crippen LogP contribution in [-0.4, -0.2) is 17.8 Å². The molecule has 1 atom stereocenters. The number of benzene rings is 2. The number of halogens is 3. The molecule has 2 aromatic rings. The van der Waals surface area contributed by atoms with Crippen LogP contribution >= 0.6 is 23.2 Å². The Kier molecular flexibility index (Phi) is 6.02. The van der Waals surface area contributed by atoms with Crippen molar-refractivity contribution in [2.45, 2.75) is 25.8 Å². The third-order valence-corrected chi connectivity index (χ3v) is 4.55. The summed E-state index contributed by atoms with van der Waals surface area (Å²) in [4.78, 5) is 15.9. The van der Waals surface area contributed by atoms with Gasteiger partial charge in [-0.05, 0) is 36.2 Å². The zero-order valence-electron chi connectivity index (χ0n) is 14.7. The molecule has 144 valence electrons. The van der Waals surface area contributed by atoms with Gasteiger partial charge in [0.1, 0.15) is 17.6 Å². The molecule has 0 saturated heterocycles. The summed E-state index contributed by atoms with van der Waals surface area (Å²) >= 11 is 12.1. The van der Waals surface area contributed by atoms with Gasteiger partial charge in [0.25, 0.3) is 5.91 Å². The maximum Gasteiger partial charge on any atom is 0.263 e. The molecule has 0 bridgehead atoms. The highest BCUT2D eigenvalue weighted by atomic mass is 35.5. The minimum atomic E-state index is -0.666. The van der Waals surface area contributed by atoms with Gasteiger partial charge in [-0.1, -0.05) is 36.2 Å². The van der Waals surface area contributed by atoms with Crippen molar-refractivity contribution in [2.24, 2.45) is 4.99 Å². The molecular formula is C19H15Cl2FN4O2. The van der Waals surface area contributed by atoms with Crippen LogP contribution in [0.25, 0.3) is 0 Å². The molecule has 1 aliphatic rings. The standard InChI is InChI=1S/C19H15Cl2FN4O2/c1-2-15-19(27)26-25-16(24-15)7-11-3-4-14(21)18(17(11)22)28-13-6-10(9-23)5-12(20)8-13/h3-6,8,15H,2,7H2,1H3,(H,24,25)(H,26,27)/t15-/m0/s1. The Balaban J connectivity index is 1.90. The van der Waals surface area contributed by atoms with Gasteiger partial charge < -0.3 is 4.74 Å². The summed E-state index contributed by atoms with van der Waals surface area (Å²) in [5, 5.41) is 9.38. The van der Waals surface area contributed by atoms with Gasteiger partial charge in [0.2, 0.25) is 0 Å². The molecular weight excluding hydrogens is 406 g/mol. The predicted molar refractivity (Wildman–Crippen MR) is 104 cm³/mol. The Morgan fingerprint density at radius 1 is 1.29 bits per heavy atom. The first-order valence-corrected chi connectivity index (χ1v) is 9.14. The second-order valence-electron chi connectivity index (χ2n) is 6.03. The first-order valence-electron chi connectivity index (χ1n) is 8.39. The summed E-state index contributed by atoms with van der Waals surface area (Å²) in [5.74, 6) is -0.471. The topological polar surface area (TPSA) is 86.5 Å². The van der Waals surface area contributed by atoms with E-state index in [0.29, 0.717) is 12.3 Å². The van der Waals surface area contributed by atoms with Crippen LogP contribution in [0.3, 0.4) is 0 Å². The number of nitrogens with zero attached hydrogens (tertiary/aromatic N) is 2. The van der Waals surface area contributed by atoms with E-state index in [0.717, 1.165) is 0 Å². The molecule has 3 rings (SSSR count). The highest BCUT2D eigenvalue weighted by molar-refractivity contribution is 6.32. The first-order chi connectivity index (χ1) is 13.4. The van der Waals surface area contributed by atoms with E-state index in [1.165, 1.54) is 30.3 Å². The Hall–Kier alpha value is -2.82. The smallest absolute Gasteiger partial charge is 0.263 e. The lowest BCUT2D eigenvalue weighted by Crippen LogP contribution is -2.51. The minimum Gasteiger partial charge on any atom is -0.453 e. The van der Waals surface area contributed by atoms with E-state index in [4.69, 9.17) is 33.2 Å². The van der Waals surface area contributed by atoms with E-state index in [1.807, 2.05) is 13.0 Å². The molecule has 0 spiro atoms. The van der Waals surface area contributed by atoms with Crippen LogP contribution in [-0.2, 0) is 11.2 Å². The van der Waals surface area contributed by atoms with Crippen molar-refractivity contribution in [1.82, 2.24) is 10.9 Å². The minimum absolute atomic E-state index is 0.0676. The lowest BCUT2D eigenvalue weighted by atomic mass is 10.1. The van der Waals surface area contributed by atoms with Crippen LogP contribution in [0.2, 0.25) is 10.0 Å². The van der Waals surface area contributed by atoms with Crippen LogP contribution in [0, 0.1) is 17.1 Å². The number of nitriles is 1. The average Bonchev–Trinajstić information content (AvgIpc) is 2.68. The average molecular weight is 421 g/mol. The maximum atomic E-state index is 15.0. The molecule has 1 heterocycles. The fourth-order valence-electron chi connectivity index (χ4n) is 2.65. The summed E-state index contributed by atoms with van der Waals surface area (Å²) in [6.45, 7) is 1.84. The van der Waals surface area contributed by atoms with Crippen LogP contribution in [0.15, 0.2) is 35.3 Å². The second kappa shape index (κ2) is 8.46. The van der Waals surface area contributed by atoms with Crippen molar-refractivity contribution < 1.29 is 13.9 Å². The SMILES string of the molecule is CC[C@@H]1N=C(Cc2ccc(Cl)c(Oc3cc(Cl)cc(C#N)c3)c2F)NNC1=O. The molecule has 28 heavy (non-hydrogen) atoms. The highest BCUT2D eigenvalue weighted by Crippen LogP contribution is 2.35. The van der Waals surface area contributed by atoms with Gasteiger partial charge in [-0.15, -0.1) is 0 Å². The zero-order chi connectivity index (χ0) is 20.3. The second-order valence-corrected chi connectivity index (χ2v) is 6.87.